The number of aryl methyl sites for hydroxylation is 1. The van der Waals surface area contributed by atoms with Crippen molar-refractivity contribution in [2.45, 2.75) is 18.2 Å². The molecule has 130 valence electrons. The van der Waals surface area contributed by atoms with E-state index in [0.29, 0.717) is 29.1 Å². The number of nitrogens with one attached hydrogen (secondary N) is 1. The predicted molar refractivity (Wildman–Crippen MR) is 98.0 cm³/mol. The molecule has 7 nitrogen and oxygen atoms in total. The van der Waals surface area contributed by atoms with E-state index in [4.69, 9.17) is 5.14 Å². The third-order valence-corrected chi connectivity index (χ3v) is 5.04. The number of benzene rings is 1. The van der Waals surface area contributed by atoms with Crippen LogP contribution in [-0.2, 0) is 16.4 Å². The van der Waals surface area contributed by atoms with Crippen LogP contribution in [0.5, 0.6) is 0 Å². The van der Waals surface area contributed by atoms with Crippen molar-refractivity contribution >= 4 is 43.2 Å². The van der Waals surface area contributed by atoms with Crippen LogP contribution in [0.1, 0.15) is 23.1 Å². The van der Waals surface area contributed by atoms with Gasteiger partial charge in [0.05, 0.1) is 10.6 Å². The Morgan fingerprint density at radius 1 is 1.24 bits per heavy atom. The lowest BCUT2D eigenvalue weighted by Crippen LogP contribution is -2.17. The van der Waals surface area contributed by atoms with Gasteiger partial charge in [-0.3, -0.25) is 9.20 Å². The number of sulfonamides is 1. The Balaban J connectivity index is 1.96. The highest BCUT2D eigenvalue weighted by atomic mass is 79.9. The molecule has 0 aliphatic rings. The molecule has 0 saturated carbocycles. The number of anilines is 1. The SMILES string of the molecule is CCc1nc2ccc(Br)cn2c1C(=O)Nc1ccc(S(N)(=O)=O)cc1. The van der Waals surface area contributed by atoms with Gasteiger partial charge >= 0.3 is 0 Å². The summed E-state index contributed by atoms with van der Waals surface area (Å²) in [5.41, 5.74) is 2.25. The van der Waals surface area contributed by atoms with Crippen LogP contribution in [0.2, 0.25) is 0 Å². The molecule has 1 amide bonds. The molecule has 9 heteroatoms. The fourth-order valence-corrected chi connectivity index (χ4v) is 3.32. The second kappa shape index (κ2) is 6.58. The van der Waals surface area contributed by atoms with E-state index in [1.54, 1.807) is 10.6 Å². The molecule has 25 heavy (non-hydrogen) atoms. The number of carbonyl (C=O) groups is 1. The lowest BCUT2D eigenvalue weighted by molar-refractivity contribution is 0.102. The topological polar surface area (TPSA) is 107 Å². The first-order valence-corrected chi connectivity index (χ1v) is 9.74. The summed E-state index contributed by atoms with van der Waals surface area (Å²) in [7, 11) is -3.77. The van der Waals surface area contributed by atoms with Gasteiger partial charge in [-0.1, -0.05) is 6.92 Å². The summed E-state index contributed by atoms with van der Waals surface area (Å²) in [4.78, 5) is 17.2. The van der Waals surface area contributed by atoms with Crippen molar-refractivity contribution in [2.75, 3.05) is 5.32 Å². The maximum Gasteiger partial charge on any atom is 0.274 e. The number of rotatable bonds is 4. The van der Waals surface area contributed by atoms with Gasteiger partial charge in [-0.25, -0.2) is 18.5 Å². The lowest BCUT2D eigenvalue weighted by Gasteiger charge is -2.07. The molecule has 0 bridgehead atoms. The lowest BCUT2D eigenvalue weighted by atomic mass is 10.2. The minimum Gasteiger partial charge on any atom is -0.321 e. The van der Waals surface area contributed by atoms with Crippen LogP contribution in [0.25, 0.3) is 5.65 Å². The second-order valence-corrected chi connectivity index (χ2v) is 7.84. The van der Waals surface area contributed by atoms with Crippen LogP contribution < -0.4 is 10.5 Å². The van der Waals surface area contributed by atoms with Crippen LogP contribution in [0.15, 0.2) is 52.0 Å². The molecule has 2 heterocycles. The molecule has 0 spiro atoms. The number of primary sulfonamides is 1. The monoisotopic (exact) mass is 422 g/mol. The Morgan fingerprint density at radius 3 is 2.52 bits per heavy atom. The zero-order chi connectivity index (χ0) is 18.2. The highest BCUT2D eigenvalue weighted by Gasteiger charge is 2.19. The van der Waals surface area contributed by atoms with Crippen molar-refractivity contribution in [2.24, 2.45) is 5.14 Å². The Bertz CT molecular complexity index is 1060. The maximum absolute atomic E-state index is 12.7. The van der Waals surface area contributed by atoms with Crippen molar-refractivity contribution in [3.05, 3.63) is 58.5 Å². The van der Waals surface area contributed by atoms with Gasteiger partial charge < -0.3 is 5.32 Å². The third-order valence-electron chi connectivity index (χ3n) is 3.65. The molecular formula is C16H15BrN4O3S. The van der Waals surface area contributed by atoms with Crippen molar-refractivity contribution < 1.29 is 13.2 Å². The zero-order valence-corrected chi connectivity index (χ0v) is 15.6. The largest absolute Gasteiger partial charge is 0.321 e. The van der Waals surface area contributed by atoms with E-state index >= 15 is 0 Å². The van der Waals surface area contributed by atoms with Crippen LogP contribution in [0.4, 0.5) is 5.69 Å². The Kier molecular flexibility index (Phi) is 4.63. The minimum absolute atomic E-state index is 0.0153. The zero-order valence-electron chi connectivity index (χ0n) is 13.2. The molecule has 0 saturated heterocycles. The highest BCUT2D eigenvalue weighted by Crippen LogP contribution is 2.20. The summed E-state index contributed by atoms with van der Waals surface area (Å²) in [6.07, 6.45) is 2.38. The number of imidazole rings is 1. The molecule has 0 atom stereocenters. The summed E-state index contributed by atoms with van der Waals surface area (Å²) in [6.45, 7) is 1.93. The van der Waals surface area contributed by atoms with E-state index in [1.807, 2.05) is 19.1 Å². The van der Waals surface area contributed by atoms with Gasteiger partial charge in [-0.15, -0.1) is 0 Å². The van der Waals surface area contributed by atoms with Crippen molar-refractivity contribution in [3.8, 4) is 0 Å². The number of amides is 1. The van der Waals surface area contributed by atoms with Crippen LogP contribution >= 0.6 is 15.9 Å². The summed E-state index contributed by atoms with van der Waals surface area (Å²) in [5, 5.41) is 7.83. The van der Waals surface area contributed by atoms with Gasteiger partial charge in [-0.05, 0) is 58.7 Å². The number of nitrogens with two attached hydrogens (primary N) is 1. The number of hydrogen-bond donors (Lipinski definition) is 2. The molecule has 3 aromatic rings. The summed E-state index contributed by atoms with van der Waals surface area (Å²) >= 11 is 3.39. The average molecular weight is 423 g/mol. The number of fused-ring (bicyclic) bond motifs is 1. The van der Waals surface area contributed by atoms with Crippen LogP contribution in [0, 0.1) is 0 Å². The van der Waals surface area contributed by atoms with Gasteiger partial charge in [0.1, 0.15) is 11.3 Å². The highest BCUT2D eigenvalue weighted by molar-refractivity contribution is 9.10. The first-order valence-electron chi connectivity index (χ1n) is 7.40. The van der Waals surface area contributed by atoms with E-state index in [0.717, 1.165) is 4.47 Å². The van der Waals surface area contributed by atoms with Crippen LogP contribution in [-0.4, -0.2) is 23.7 Å². The normalized spacial score (nSPS) is 11.6. The van der Waals surface area contributed by atoms with E-state index in [2.05, 4.69) is 26.2 Å². The Labute approximate surface area is 153 Å². The number of carbonyl (C=O) groups excluding carboxylic acids is 1. The fourth-order valence-electron chi connectivity index (χ4n) is 2.47. The number of hydrogen-bond acceptors (Lipinski definition) is 4. The second-order valence-electron chi connectivity index (χ2n) is 5.36. The number of halogens is 1. The van der Waals surface area contributed by atoms with Gasteiger partial charge in [0.15, 0.2) is 0 Å². The summed E-state index contributed by atoms with van der Waals surface area (Å²) in [6, 6.07) is 9.34. The fraction of sp³-hybridized carbons (Fsp3) is 0.125. The van der Waals surface area contributed by atoms with Gasteiger partial charge in [0.25, 0.3) is 5.91 Å². The van der Waals surface area contributed by atoms with E-state index < -0.39 is 10.0 Å². The van der Waals surface area contributed by atoms with E-state index in [9.17, 15) is 13.2 Å². The molecule has 0 aliphatic heterocycles. The number of aromatic nitrogens is 2. The standard InChI is InChI=1S/C16H15BrN4O3S/c1-2-13-15(21-9-10(17)3-8-14(21)20-13)16(22)19-11-4-6-12(7-5-11)25(18,23)24/h3-9H,2H2,1H3,(H,19,22)(H2,18,23,24). The Morgan fingerprint density at radius 2 is 1.92 bits per heavy atom. The average Bonchev–Trinajstić information content (AvgIpc) is 2.92. The molecule has 1 aromatic carbocycles. The van der Waals surface area contributed by atoms with Crippen molar-refractivity contribution in [1.29, 1.82) is 0 Å². The van der Waals surface area contributed by atoms with Crippen LogP contribution in [0.3, 0.4) is 0 Å². The quantitative estimate of drug-likeness (QED) is 0.673. The summed E-state index contributed by atoms with van der Waals surface area (Å²) in [5.74, 6) is -0.328. The molecule has 0 fully saturated rings. The predicted octanol–water partition coefficient (Wildman–Crippen LogP) is 2.56. The molecular weight excluding hydrogens is 408 g/mol. The maximum atomic E-state index is 12.7. The van der Waals surface area contributed by atoms with Gasteiger partial charge in [0, 0.05) is 16.4 Å². The number of nitrogens with zero attached hydrogens (tertiary/aromatic N) is 2. The van der Waals surface area contributed by atoms with E-state index in [-0.39, 0.29) is 10.8 Å². The smallest absolute Gasteiger partial charge is 0.274 e. The van der Waals surface area contributed by atoms with Crippen molar-refractivity contribution in [3.63, 3.8) is 0 Å². The molecule has 0 radical (unpaired) electrons. The van der Waals surface area contributed by atoms with E-state index in [1.165, 1.54) is 24.3 Å². The number of pyridine rings is 1. The first kappa shape index (κ1) is 17.6. The molecule has 3 N–H and O–H groups in total. The third kappa shape index (κ3) is 3.58. The molecule has 0 aliphatic carbocycles. The van der Waals surface area contributed by atoms with Crippen molar-refractivity contribution in [1.82, 2.24) is 9.38 Å². The first-order chi connectivity index (χ1) is 11.8. The molecule has 3 rings (SSSR count). The molecule has 0 unspecified atom stereocenters. The Hall–Kier alpha value is -2.23. The van der Waals surface area contributed by atoms with Gasteiger partial charge in [0.2, 0.25) is 10.0 Å². The minimum atomic E-state index is -3.77. The summed E-state index contributed by atoms with van der Waals surface area (Å²) < 4.78 is 25.1. The van der Waals surface area contributed by atoms with Gasteiger partial charge in [-0.2, -0.15) is 0 Å². The molecule has 2 aromatic heterocycles.